The third-order valence-electron chi connectivity index (χ3n) is 5.20. The van der Waals surface area contributed by atoms with Gasteiger partial charge in [0.05, 0.1) is 42.3 Å². The van der Waals surface area contributed by atoms with Crippen molar-refractivity contribution >= 4 is 22.8 Å². The zero-order valence-corrected chi connectivity index (χ0v) is 17.2. The van der Waals surface area contributed by atoms with Crippen molar-refractivity contribution in [2.45, 2.75) is 26.4 Å². The van der Waals surface area contributed by atoms with Gasteiger partial charge in [0.25, 0.3) is 5.91 Å². The Bertz CT molecular complexity index is 1060. The number of ether oxygens (including phenoxy) is 2. The maximum absolute atomic E-state index is 12.8. The molecule has 3 aromatic rings. The van der Waals surface area contributed by atoms with Gasteiger partial charge in [0.2, 0.25) is 0 Å². The third-order valence-corrected chi connectivity index (χ3v) is 5.20. The van der Waals surface area contributed by atoms with Crippen LogP contribution in [0.25, 0.3) is 5.52 Å². The predicted octanol–water partition coefficient (Wildman–Crippen LogP) is 3.52. The molecule has 1 aliphatic rings. The third kappa shape index (κ3) is 3.91. The van der Waals surface area contributed by atoms with Gasteiger partial charge in [0.15, 0.2) is 0 Å². The molecule has 152 valence electrons. The Morgan fingerprint density at radius 1 is 1.28 bits per heavy atom. The van der Waals surface area contributed by atoms with Crippen LogP contribution in [-0.4, -0.2) is 47.7 Å². The molecule has 4 rings (SSSR count). The molecule has 0 bridgehead atoms. The number of nitrogens with one attached hydrogen (secondary N) is 1. The number of anilines is 2. The van der Waals surface area contributed by atoms with Crippen molar-refractivity contribution in [1.82, 2.24) is 9.38 Å². The average molecular weight is 394 g/mol. The summed E-state index contributed by atoms with van der Waals surface area (Å²) in [5, 5.41) is 2.96. The summed E-state index contributed by atoms with van der Waals surface area (Å²) in [6, 6.07) is 9.52. The monoisotopic (exact) mass is 394 g/mol. The molecular weight excluding hydrogens is 368 g/mol. The Kier molecular flexibility index (Phi) is 4.92. The van der Waals surface area contributed by atoms with Gasteiger partial charge in [-0.05, 0) is 45.0 Å². The number of pyridine rings is 1. The van der Waals surface area contributed by atoms with Crippen LogP contribution in [0.5, 0.6) is 5.75 Å². The summed E-state index contributed by atoms with van der Waals surface area (Å²) in [5.74, 6) is 1.27. The zero-order valence-electron chi connectivity index (χ0n) is 17.2. The van der Waals surface area contributed by atoms with Gasteiger partial charge in [-0.3, -0.25) is 4.79 Å². The fourth-order valence-corrected chi connectivity index (χ4v) is 3.66. The van der Waals surface area contributed by atoms with E-state index in [2.05, 4.69) is 29.0 Å². The summed E-state index contributed by atoms with van der Waals surface area (Å²) in [6.45, 7) is 8.38. The van der Waals surface area contributed by atoms with Crippen LogP contribution in [0.3, 0.4) is 0 Å². The molecule has 1 fully saturated rings. The number of fused-ring (bicyclic) bond motifs is 1. The van der Waals surface area contributed by atoms with Crippen LogP contribution in [-0.2, 0) is 4.74 Å². The van der Waals surface area contributed by atoms with E-state index >= 15 is 0 Å². The van der Waals surface area contributed by atoms with Gasteiger partial charge < -0.3 is 24.1 Å². The molecule has 1 saturated heterocycles. The molecule has 1 aromatic carbocycles. The number of carbonyl (C=O) groups excluding carboxylic acids is 1. The highest BCUT2D eigenvalue weighted by Gasteiger charge is 2.27. The summed E-state index contributed by atoms with van der Waals surface area (Å²) in [5.41, 5.74) is 3.00. The molecule has 0 aliphatic carbocycles. The second kappa shape index (κ2) is 7.40. The highest BCUT2D eigenvalue weighted by atomic mass is 16.5. The SMILES string of the molecule is COc1cc(N2CCOC(C)(C)C2)ccc1NC(=O)c1ccc2cnc(C)n2c1. The van der Waals surface area contributed by atoms with Crippen molar-refractivity contribution in [2.24, 2.45) is 0 Å². The van der Waals surface area contributed by atoms with Crippen LogP contribution >= 0.6 is 0 Å². The van der Waals surface area contributed by atoms with Crippen molar-refractivity contribution in [3.63, 3.8) is 0 Å². The van der Waals surface area contributed by atoms with Crippen LogP contribution in [0, 0.1) is 6.92 Å². The summed E-state index contributed by atoms with van der Waals surface area (Å²) in [4.78, 5) is 19.3. The molecule has 0 unspecified atom stereocenters. The lowest BCUT2D eigenvalue weighted by Crippen LogP contribution is -2.48. The number of methoxy groups -OCH3 is 1. The van der Waals surface area contributed by atoms with E-state index < -0.39 is 0 Å². The molecule has 1 aliphatic heterocycles. The first kappa shape index (κ1) is 19.3. The van der Waals surface area contributed by atoms with Gasteiger partial charge in [-0.25, -0.2) is 4.98 Å². The summed E-state index contributed by atoms with van der Waals surface area (Å²) < 4.78 is 13.2. The second-order valence-electron chi connectivity index (χ2n) is 7.89. The molecule has 1 amide bonds. The maximum atomic E-state index is 12.8. The first-order valence-corrected chi connectivity index (χ1v) is 9.68. The fourth-order valence-electron chi connectivity index (χ4n) is 3.66. The van der Waals surface area contributed by atoms with Crippen molar-refractivity contribution in [2.75, 3.05) is 37.0 Å². The molecule has 1 N–H and O–H groups in total. The molecule has 2 aromatic heterocycles. The highest BCUT2D eigenvalue weighted by Crippen LogP contribution is 2.32. The molecule has 7 nitrogen and oxygen atoms in total. The van der Waals surface area contributed by atoms with Gasteiger partial charge in [-0.15, -0.1) is 0 Å². The quantitative estimate of drug-likeness (QED) is 0.733. The van der Waals surface area contributed by atoms with E-state index in [1.165, 1.54) is 0 Å². The maximum Gasteiger partial charge on any atom is 0.257 e. The van der Waals surface area contributed by atoms with Gasteiger partial charge >= 0.3 is 0 Å². The van der Waals surface area contributed by atoms with E-state index in [0.717, 1.165) is 30.1 Å². The smallest absolute Gasteiger partial charge is 0.257 e. The minimum atomic E-state index is -0.196. The topological polar surface area (TPSA) is 68.1 Å². The molecule has 0 atom stereocenters. The van der Waals surface area contributed by atoms with Crippen LogP contribution in [0.4, 0.5) is 11.4 Å². The average Bonchev–Trinajstić information content (AvgIpc) is 3.07. The Morgan fingerprint density at radius 2 is 2.10 bits per heavy atom. The number of morpholine rings is 1. The molecule has 0 spiro atoms. The van der Waals surface area contributed by atoms with E-state index in [1.54, 1.807) is 25.6 Å². The first-order valence-electron chi connectivity index (χ1n) is 9.68. The number of benzene rings is 1. The molecule has 29 heavy (non-hydrogen) atoms. The summed E-state index contributed by atoms with van der Waals surface area (Å²) >= 11 is 0. The normalized spacial score (nSPS) is 16.1. The molecule has 7 heteroatoms. The summed E-state index contributed by atoms with van der Waals surface area (Å²) in [6.07, 6.45) is 3.58. The Hall–Kier alpha value is -3.06. The van der Waals surface area contributed by atoms with E-state index in [0.29, 0.717) is 23.6 Å². The van der Waals surface area contributed by atoms with Crippen molar-refractivity contribution in [1.29, 1.82) is 0 Å². The van der Waals surface area contributed by atoms with E-state index in [-0.39, 0.29) is 11.5 Å². The Morgan fingerprint density at radius 3 is 2.86 bits per heavy atom. The van der Waals surface area contributed by atoms with Crippen LogP contribution in [0.15, 0.2) is 42.7 Å². The lowest BCUT2D eigenvalue weighted by atomic mass is 10.1. The molecule has 0 saturated carbocycles. The van der Waals surface area contributed by atoms with Gasteiger partial charge in [-0.2, -0.15) is 0 Å². The van der Waals surface area contributed by atoms with E-state index in [4.69, 9.17) is 9.47 Å². The van der Waals surface area contributed by atoms with E-state index in [1.807, 2.05) is 35.6 Å². The number of amides is 1. The number of aryl methyl sites for hydroxylation is 1. The van der Waals surface area contributed by atoms with Crippen LogP contribution in [0.1, 0.15) is 30.0 Å². The lowest BCUT2D eigenvalue weighted by molar-refractivity contribution is -0.0277. The number of rotatable bonds is 4. The van der Waals surface area contributed by atoms with Gasteiger partial charge in [0.1, 0.15) is 11.6 Å². The standard InChI is InChI=1S/C22H26N4O3/c1-15-23-12-18-6-5-16(13-26(15)18)21(27)24-19-8-7-17(11-20(19)28-4)25-9-10-29-22(2,3)14-25/h5-8,11-13H,9-10,14H2,1-4H3,(H,24,27). The number of nitrogens with zero attached hydrogens (tertiary/aromatic N) is 3. The number of hydrogen-bond donors (Lipinski definition) is 1. The fraction of sp³-hybridized carbons (Fsp3) is 0.364. The lowest BCUT2D eigenvalue weighted by Gasteiger charge is -2.39. The van der Waals surface area contributed by atoms with Crippen molar-refractivity contribution in [3.05, 3.63) is 54.1 Å². The van der Waals surface area contributed by atoms with Crippen molar-refractivity contribution < 1.29 is 14.3 Å². The molecule has 0 radical (unpaired) electrons. The number of imidazole rings is 1. The Labute approximate surface area is 170 Å². The minimum Gasteiger partial charge on any atom is -0.494 e. The van der Waals surface area contributed by atoms with Gasteiger partial charge in [-0.1, -0.05) is 0 Å². The van der Waals surface area contributed by atoms with Gasteiger partial charge in [0, 0.05) is 31.0 Å². The Balaban J connectivity index is 1.56. The predicted molar refractivity (Wildman–Crippen MR) is 113 cm³/mol. The number of hydrogen-bond acceptors (Lipinski definition) is 5. The first-order chi connectivity index (χ1) is 13.9. The summed E-state index contributed by atoms with van der Waals surface area (Å²) in [7, 11) is 1.61. The minimum absolute atomic E-state index is 0.192. The second-order valence-corrected chi connectivity index (χ2v) is 7.89. The largest absolute Gasteiger partial charge is 0.494 e. The van der Waals surface area contributed by atoms with Crippen LogP contribution in [0.2, 0.25) is 0 Å². The number of carbonyl (C=O) groups is 1. The molecule has 3 heterocycles. The van der Waals surface area contributed by atoms with Crippen LogP contribution < -0.4 is 15.0 Å². The zero-order chi connectivity index (χ0) is 20.6. The number of aromatic nitrogens is 2. The van der Waals surface area contributed by atoms with E-state index in [9.17, 15) is 4.79 Å². The molecular formula is C22H26N4O3. The van der Waals surface area contributed by atoms with Crippen molar-refractivity contribution in [3.8, 4) is 5.75 Å². The highest BCUT2D eigenvalue weighted by molar-refractivity contribution is 6.05.